The lowest BCUT2D eigenvalue weighted by Crippen LogP contribution is -2.33. The fourth-order valence-corrected chi connectivity index (χ4v) is 4.64. The summed E-state index contributed by atoms with van der Waals surface area (Å²) in [5.74, 6) is -0.785. The van der Waals surface area contributed by atoms with E-state index in [1.807, 2.05) is 24.3 Å². The third-order valence-corrected chi connectivity index (χ3v) is 6.23. The molecule has 1 amide bonds. The first-order valence-corrected chi connectivity index (χ1v) is 8.50. The number of benzene rings is 1. The Morgan fingerprint density at radius 1 is 1.24 bits per heavy atom. The molecule has 0 unspecified atom stereocenters. The third kappa shape index (κ3) is 2.61. The van der Waals surface area contributed by atoms with Gasteiger partial charge >= 0.3 is 0 Å². The van der Waals surface area contributed by atoms with Gasteiger partial charge in [-0.1, -0.05) is 24.3 Å². The Labute approximate surface area is 124 Å². The molecule has 1 fully saturated rings. The molecular weight excluding hydrogens is 288 g/mol. The molecule has 1 atom stereocenters. The van der Waals surface area contributed by atoms with Crippen molar-refractivity contribution in [1.29, 1.82) is 0 Å². The van der Waals surface area contributed by atoms with Crippen molar-refractivity contribution in [3.63, 3.8) is 0 Å². The predicted octanol–water partition coefficient (Wildman–Crippen LogP) is 1.11. The van der Waals surface area contributed by atoms with Gasteiger partial charge in [-0.05, 0) is 36.5 Å². The normalized spacial score (nSPS) is 22.7. The van der Waals surface area contributed by atoms with E-state index in [-0.39, 0.29) is 12.5 Å². The fraction of sp³-hybridized carbons (Fsp3) is 0.400. The molecule has 1 aliphatic carbocycles. The summed E-state index contributed by atoms with van der Waals surface area (Å²) in [6.07, 6.45) is 3.51. The minimum atomic E-state index is -3.48. The number of primary amides is 1. The van der Waals surface area contributed by atoms with Crippen LogP contribution in [0.15, 0.2) is 29.2 Å². The summed E-state index contributed by atoms with van der Waals surface area (Å²) in [4.78, 5) is 11.6. The number of nitrogens with zero attached hydrogens (tertiary/aromatic N) is 1. The number of sulfonamides is 1. The number of fused-ring (bicyclic) bond motifs is 1. The van der Waals surface area contributed by atoms with Gasteiger partial charge in [-0.25, -0.2) is 8.42 Å². The molecule has 1 saturated heterocycles. The van der Waals surface area contributed by atoms with Crippen LogP contribution in [0.1, 0.15) is 24.0 Å². The Morgan fingerprint density at radius 2 is 2.00 bits per heavy atom. The van der Waals surface area contributed by atoms with Crippen molar-refractivity contribution >= 4 is 22.0 Å². The summed E-state index contributed by atoms with van der Waals surface area (Å²) < 4.78 is 26.7. The Morgan fingerprint density at radius 3 is 2.71 bits per heavy atom. The molecular formula is C15H18N2O3S. The van der Waals surface area contributed by atoms with E-state index in [1.54, 1.807) is 6.08 Å². The summed E-state index contributed by atoms with van der Waals surface area (Å²) in [5, 5.41) is 0. The predicted molar refractivity (Wildman–Crippen MR) is 80.5 cm³/mol. The van der Waals surface area contributed by atoms with Gasteiger partial charge in [-0.3, -0.25) is 4.79 Å². The van der Waals surface area contributed by atoms with Crippen molar-refractivity contribution < 1.29 is 13.2 Å². The fourth-order valence-electron chi connectivity index (χ4n) is 2.95. The molecule has 21 heavy (non-hydrogen) atoms. The molecule has 0 saturated carbocycles. The van der Waals surface area contributed by atoms with E-state index in [0.717, 1.165) is 12.0 Å². The number of hydrogen-bond acceptors (Lipinski definition) is 3. The van der Waals surface area contributed by atoms with Gasteiger partial charge in [0, 0.05) is 13.1 Å². The number of carbonyl (C=O) groups is 1. The average molecular weight is 306 g/mol. The zero-order valence-corrected chi connectivity index (χ0v) is 12.5. The van der Waals surface area contributed by atoms with E-state index in [1.165, 1.54) is 9.87 Å². The van der Waals surface area contributed by atoms with E-state index < -0.39 is 15.9 Å². The van der Waals surface area contributed by atoms with Gasteiger partial charge in [0.25, 0.3) is 0 Å². The topological polar surface area (TPSA) is 80.5 Å². The van der Waals surface area contributed by atoms with Crippen LogP contribution < -0.4 is 5.73 Å². The van der Waals surface area contributed by atoms with Crippen molar-refractivity contribution in [2.75, 3.05) is 13.1 Å². The molecule has 112 valence electrons. The number of amides is 1. The van der Waals surface area contributed by atoms with Crippen LogP contribution >= 0.6 is 0 Å². The summed E-state index contributed by atoms with van der Waals surface area (Å²) in [6, 6.07) is 7.82. The lowest BCUT2D eigenvalue weighted by Gasteiger charge is -2.22. The van der Waals surface area contributed by atoms with Crippen LogP contribution in [0, 0.1) is 5.92 Å². The number of aryl methyl sites for hydroxylation is 1. The molecule has 1 aromatic rings. The van der Waals surface area contributed by atoms with Crippen LogP contribution in [0.2, 0.25) is 0 Å². The zero-order chi connectivity index (χ0) is 15.0. The second-order valence-corrected chi connectivity index (χ2v) is 7.55. The second-order valence-electron chi connectivity index (χ2n) is 5.56. The van der Waals surface area contributed by atoms with E-state index in [4.69, 9.17) is 5.73 Å². The van der Waals surface area contributed by atoms with Crippen LogP contribution in [-0.4, -0.2) is 31.7 Å². The van der Waals surface area contributed by atoms with E-state index in [0.29, 0.717) is 24.3 Å². The number of carbonyl (C=O) groups excluding carboxylic acids is 1. The van der Waals surface area contributed by atoms with Crippen LogP contribution in [0.4, 0.5) is 0 Å². The molecule has 0 aromatic heterocycles. The highest BCUT2D eigenvalue weighted by atomic mass is 32.2. The Hall–Kier alpha value is -1.66. The van der Waals surface area contributed by atoms with Gasteiger partial charge in [0.1, 0.15) is 0 Å². The Balaban J connectivity index is 1.87. The molecule has 2 aliphatic rings. The van der Waals surface area contributed by atoms with Crippen LogP contribution in [0.25, 0.3) is 6.08 Å². The van der Waals surface area contributed by atoms with Crippen molar-refractivity contribution in [2.45, 2.75) is 19.3 Å². The summed E-state index contributed by atoms with van der Waals surface area (Å²) in [7, 11) is -3.48. The first kappa shape index (κ1) is 14.3. The smallest absolute Gasteiger partial charge is 0.239 e. The standard InChI is InChI=1S/C15H18N2O3S/c16-15(18)13-7-8-17(10-13)21(19,20)14-6-5-11-3-1-2-4-12(11)9-14/h1-4,9,13H,5-8,10H2,(H2,16,18)/t13-/m0/s1. The van der Waals surface area contributed by atoms with E-state index >= 15 is 0 Å². The maximum atomic E-state index is 12.7. The van der Waals surface area contributed by atoms with Crippen LogP contribution in [0.5, 0.6) is 0 Å². The molecule has 1 heterocycles. The Bertz CT molecular complexity index is 709. The number of nitrogens with two attached hydrogens (primary N) is 1. The number of allylic oxidation sites excluding steroid dienone is 1. The zero-order valence-electron chi connectivity index (χ0n) is 11.7. The monoisotopic (exact) mass is 306 g/mol. The van der Waals surface area contributed by atoms with Gasteiger partial charge in [0.15, 0.2) is 0 Å². The third-order valence-electron chi connectivity index (χ3n) is 4.24. The first-order chi connectivity index (χ1) is 9.98. The molecule has 5 nitrogen and oxygen atoms in total. The summed E-state index contributed by atoms with van der Waals surface area (Å²) >= 11 is 0. The van der Waals surface area contributed by atoms with E-state index in [9.17, 15) is 13.2 Å². The molecule has 6 heteroatoms. The summed E-state index contributed by atoms with van der Waals surface area (Å²) in [5.41, 5.74) is 7.41. The highest BCUT2D eigenvalue weighted by Crippen LogP contribution is 2.31. The van der Waals surface area contributed by atoms with Crippen molar-refractivity contribution in [2.24, 2.45) is 11.7 Å². The molecule has 1 aromatic carbocycles. The second kappa shape index (κ2) is 5.27. The van der Waals surface area contributed by atoms with Gasteiger partial charge < -0.3 is 5.73 Å². The van der Waals surface area contributed by atoms with Crippen molar-refractivity contribution in [3.8, 4) is 0 Å². The number of hydrogen-bond donors (Lipinski definition) is 1. The minimum absolute atomic E-state index is 0.205. The van der Waals surface area contributed by atoms with Crippen LogP contribution in [-0.2, 0) is 21.2 Å². The van der Waals surface area contributed by atoms with Gasteiger partial charge in [0.2, 0.25) is 15.9 Å². The van der Waals surface area contributed by atoms with Crippen LogP contribution in [0.3, 0.4) is 0 Å². The number of rotatable bonds is 3. The quantitative estimate of drug-likeness (QED) is 0.908. The molecule has 0 bridgehead atoms. The largest absolute Gasteiger partial charge is 0.369 e. The lowest BCUT2D eigenvalue weighted by atomic mass is 9.98. The van der Waals surface area contributed by atoms with Gasteiger partial charge in [0.05, 0.1) is 10.8 Å². The molecule has 0 spiro atoms. The molecule has 1 aliphatic heterocycles. The van der Waals surface area contributed by atoms with E-state index in [2.05, 4.69) is 0 Å². The average Bonchev–Trinajstić information content (AvgIpc) is 2.97. The Kier molecular flexibility index (Phi) is 3.59. The van der Waals surface area contributed by atoms with Crippen molar-refractivity contribution in [3.05, 3.63) is 40.3 Å². The van der Waals surface area contributed by atoms with Gasteiger partial charge in [-0.2, -0.15) is 4.31 Å². The molecule has 2 N–H and O–H groups in total. The van der Waals surface area contributed by atoms with Gasteiger partial charge in [-0.15, -0.1) is 0 Å². The minimum Gasteiger partial charge on any atom is -0.369 e. The highest BCUT2D eigenvalue weighted by Gasteiger charge is 2.36. The molecule has 3 rings (SSSR count). The lowest BCUT2D eigenvalue weighted by molar-refractivity contribution is -0.121. The first-order valence-electron chi connectivity index (χ1n) is 7.06. The molecule has 0 radical (unpaired) electrons. The SMILES string of the molecule is NC(=O)[C@H]1CCN(S(=O)(=O)C2=Cc3ccccc3CC2)C1. The van der Waals surface area contributed by atoms with Crippen molar-refractivity contribution in [1.82, 2.24) is 4.31 Å². The maximum Gasteiger partial charge on any atom is 0.239 e. The summed E-state index contributed by atoms with van der Waals surface area (Å²) in [6.45, 7) is 0.575. The maximum absolute atomic E-state index is 12.7. The highest BCUT2D eigenvalue weighted by molar-refractivity contribution is 7.93.